The van der Waals surface area contributed by atoms with E-state index in [0.29, 0.717) is 0 Å². The summed E-state index contributed by atoms with van der Waals surface area (Å²) in [6, 6.07) is 32.7. The van der Waals surface area contributed by atoms with Crippen molar-refractivity contribution in [3.63, 3.8) is 0 Å². The molecular weight excluding hydrogens is 670 g/mol. The summed E-state index contributed by atoms with van der Waals surface area (Å²) in [5, 5.41) is 0. The van der Waals surface area contributed by atoms with Gasteiger partial charge in [-0.3, -0.25) is 0 Å². The molecule has 176 valence electrons. The van der Waals surface area contributed by atoms with Crippen LogP contribution >= 0.6 is 45.2 Å². The molecule has 2 nitrogen and oxygen atoms in total. The molecule has 4 aromatic rings. The Morgan fingerprint density at radius 2 is 0.806 bits per heavy atom. The molecule has 0 unspecified atom stereocenters. The molecule has 0 saturated carbocycles. The molecule has 0 radical (unpaired) electrons. The highest BCUT2D eigenvalue weighted by Gasteiger charge is 2.50. The Bertz CT molecular complexity index is 1370. The number of hydrogen-bond donors (Lipinski definition) is 0. The van der Waals surface area contributed by atoms with E-state index < -0.39 is 11.2 Å². The molecule has 0 heterocycles. The van der Waals surface area contributed by atoms with Crippen molar-refractivity contribution in [2.45, 2.75) is 11.2 Å². The summed E-state index contributed by atoms with van der Waals surface area (Å²) >= 11 is 4.60. The van der Waals surface area contributed by atoms with Gasteiger partial charge in [0.1, 0.15) is 0 Å². The molecular formula is C32H22I2O2. The first-order valence-electron chi connectivity index (χ1n) is 11.4. The first-order valence-corrected chi connectivity index (χ1v) is 13.6. The topological polar surface area (TPSA) is 18.5 Å². The molecule has 0 aliphatic heterocycles. The van der Waals surface area contributed by atoms with Crippen molar-refractivity contribution in [1.29, 1.82) is 0 Å². The van der Waals surface area contributed by atoms with Gasteiger partial charge in [0.25, 0.3) is 0 Å². The predicted molar refractivity (Wildman–Crippen MR) is 161 cm³/mol. The van der Waals surface area contributed by atoms with Crippen LogP contribution < -0.4 is 0 Å². The Kier molecular flexibility index (Phi) is 7.23. The molecule has 1 aliphatic carbocycles. The van der Waals surface area contributed by atoms with Crippen molar-refractivity contribution < 1.29 is 9.47 Å². The Labute approximate surface area is 239 Å². The number of hydrogen-bond acceptors (Lipinski definition) is 2. The van der Waals surface area contributed by atoms with Gasteiger partial charge in [-0.25, -0.2) is 0 Å². The third-order valence-corrected chi connectivity index (χ3v) is 7.88. The van der Waals surface area contributed by atoms with Crippen molar-refractivity contribution in [3.8, 4) is 23.7 Å². The van der Waals surface area contributed by atoms with Crippen molar-refractivity contribution in [2.75, 3.05) is 14.2 Å². The van der Waals surface area contributed by atoms with E-state index in [-0.39, 0.29) is 0 Å². The fraction of sp³-hybridized carbons (Fsp3) is 0.125. The van der Waals surface area contributed by atoms with Crippen LogP contribution in [0.4, 0.5) is 0 Å². The van der Waals surface area contributed by atoms with E-state index >= 15 is 0 Å². The lowest BCUT2D eigenvalue weighted by molar-refractivity contribution is 0.0330. The van der Waals surface area contributed by atoms with E-state index in [1.165, 1.54) is 7.14 Å². The standard InChI is InChI=1S/C32H22I2O2/c1-35-31(21-19-23-11-15-25(33)16-12-23)27-7-3-5-9-29(27)32(36-2,30-10-6-4-8-28(30)31)22-20-24-13-17-26(34)18-14-24/h3-18H,1-2H3. The van der Waals surface area contributed by atoms with E-state index in [1.807, 2.05) is 48.5 Å². The lowest BCUT2D eigenvalue weighted by Crippen LogP contribution is -2.43. The molecule has 0 saturated heterocycles. The number of methoxy groups -OCH3 is 2. The van der Waals surface area contributed by atoms with E-state index in [4.69, 9.17) is 9.47 Å². The smallest absolute Gasteiger partial charge is 0.180 e. The number of fused-ring (bicyclic) bond motifs is 2. The van der Waals surface area contributed by atoms with Gasteiger partial charge in [-0.1, -0.05) is 72.2 Å². The molecule has 0 N–H and O–H groups in total. The number of rotatable bonds is 2. The average Bonchev–Trinajstić information content (AvgIpc) is 2.93. The fourth-order valence-corrected chi connectivity index (χ4v) is 5.40. The molecule has 0 bridgehead atoms. The van der Waals surface area contributed by atoms with Gasteiger partial charge < -0.3 is 9.47 Å². The van der Waals surface area contributed by atoms with Gasteiger partial charge in [0.15, 0.2) is 11.2 Å². The van der Waals surface area contributed by atoms with Crippen LogP contribution in [0.3, 0.4) is 0 Å². The van der Waals surface area contributed by atoms with E-state index in [2.05, 4.69) is 117 Å². The molecule has 0 atom stereocenters. The lowest BCUT2D eigenvalue weighted by atomic mass is 9.67. The summed E-state index contributed by atoms with van der Waals surface area (Å²) in [5.41, 5.74) is 3.66. The van der Waals surface area contributed by atoms with Gasteiger partial charge >= 0.3 is 0 Å². The number of benzene rings is 4. The van der Waals surface area contributed by atoms with E-state index in [1.54, 1.807) is 14.2 Å². The maximum absolute atomic E-state index is 6.31. The molecule has 0 spiro atoms. The minimum Gasteiger partial charge on any atom is -0.357 e. The predicted octanol–water partition coefficient (Wildman–Crippen LogP) is 7.09. The Morgan fingerprint density at radius 3 is 1.08 bits per heavy atom. The fourth-order valence-electron chi connectivity index (χ4n) is 4.68. The third-order valence-electron chi connectivity index (χ3n) is 6.44. The molecule has 0 aromatic heterocycles. The molecule has 1 aliphatic rings. The van der Waals surface area contributed by atoms with Gasteiger partial charge in [-0.05, 0) is 93.7 Å². The zero-order chi connectivity index (χ0) is 25.2. The molecule has 5 rings (SSSR count). The lowest BCUT2D eigenvalue weighted by Gasteiger charge is -2.43. The molecule has 0 fully saturated rings. The second-order valence-corrected chi connectivity index (χ2v) is 10.9. The highest BCUT2D eigenvalue weighted by atomic mass is 127. The second-order valence-electron chi connectivity index (χ2n) is 8.38. The summed E-state index contributed by atoms with van der Waals surface area (Å²) in [6.07, 6.45) is 0. The maximum Gasteiger partial charge on any atom is 0.180 e. The first kappa shape index (κ1) is 25.0. The highest BCUT2D eigenvalue weighted by molar-refractivity contribution is 14.1. The summed E-state index contributed by atoms with van der Waals surface area (Å²) in [7, 11) is 3.43. The van der Waals surface area contributed by atoms with Crippen LogP contribution in [0.2, 0.25) is 0 Å². The largest absolute Gasteiger partial charge is 0.357 e. The van der Waals surface area contributed by atoms with Gasteiger partial charge in [0.2, 0.25) is 0 Å². The summed E-state index contributed by atoms with van der Waals surface area (Å²) in [5.74, 6) is 13.7. The van der Waals surface area contributed by atoms with Crippen LogP contribution in [-0.4, -0.2) is 14.2 Å². The van der Waals surface area contributed by atoms with Crippen molar-refractivity contribution >= 4 is 45.2 Å². The van der Waals surface area contributed by atoms with E-state index in [0.717, 1.165) is 33.4 Å². The summed E-state index contributed by atoms with van der Waals surface area (Å²) < 4.78 is 15.0. The number of halogens is 2. The average molecular weight is 692 g/mol. The van der Waals surface area contributed by atoms with Gasteiger partial charge in [0.05, 0.1) is 0 Å². The Morgan fingerprint density at radius 1 is 0.500 bits per heavy atom. The van der Waals surface area contributed by atoms with Crippen LogP contribution in [0.1, 0.15) is 33.4 Å². The zero-order valence-electron chi connectivity index (χ0n) is 19.8. The second kappa shape index (κ2) is 10.4. The van der Waals surface area contributed by atoms with Crippen LogP contribution in [0, 0.1) is 30.8 Å². The minimum absolute atomic E-state index is 0.933. The third kappa shape index (κ3) is 4.37. The van der Waals surface area contributed by atoms with Gasteiger partial charge in [0, 0.05) is 54.7 Å². The van der Waals surface area contributed by atoms with Crippen LogP contribution in [0.5, 0.6) is 0 Å². The Balaban J connectivity index is 1.76. The zero-order valence-corrected chi connectivity index (χ0v) is 24.1. The number of ether oxygens (including phenoxy) is 2. The van der Waals surface area contributed by atoms with Crippen LogP contribution in [0.25, 0.3) is 0 Å². The molecule has 4 heteroatoms. The van der Waals surface area contributed by atoms with Crippen molar-refractivity contribution in [1.82, 2.24) is 0 Å². The van der Waals surface area contributed by atoms with Crippen LogP contribution in [0.15, 0.2) is 97.1 Å². The van der Waals surface area contributed by atoms with Crippen molar-refractivity contribution in [2.24, 2.45) is 0 Å². The molecule has 4 aromatic carbocycles. The van der Waals surface area contributed by atoms with E-state index in [9.17, 15) is 0 Å². The quantitative estimate of drug-likeness (QED) is 0.165. The molecule has 0 amide bonds. The normalized spacial score (nSPS) is 19.7. The first-order chi connectivity index (χ1) is 17.5. The summed E-state index contributed by atoms with van der Waals surface area (Å²) in [4.78, 5) is 0. The van der Waals surface area contributed by atoms with Crippen LogP contribution in [-0.2, 0) is 20.7 Å². The van der Waals surface area contributed by atoms with Gasteiger partial charge in [-0.2, -0.15) is 0 Å². The van der Waals surface area contributed by atoms with Gasteiger partial charge in [-0.15, -0.1) is 0 Å². The minimum atomic E-state index is -0.969. The monoisotopic (exact) mass is 692 g/mol. The SMILES string of the molecule is COC1(C#Cc2ccc(I)cc2)c2ccccc2C(C#Cc2ccc(I)cc2)(OC)c2ccccc21. The maximum atomic E-state index is 6.31. The Hall–Kier alpha value is -2.62. The summed E-state index contributed by atoms with van der Waals surface area (Å²) in [6.45, 7) is 0. The molecule has 36 heavy (non-hydrogen) atoms. The van der Waals surface area contributed by atoms with Crippen molar-refractivity contribution in [3.05, 3.63) is 138 Å². The highest BCUT2D eigenvalue weighted by Crippen LogP contribution is 2.50.